The number of likely N-dealkylation sites (tertiary alicyclic amines) is 1. The summed E-state index contributed by atoms with van der Waals surface area (Å²) in [6.07, 6.45) is 0.309. The third kappa shape index (κ3) is 5.57. The molecular formula is C25H26ClN3O6. The van der Waals surface area contributed by atoms with Crippen molar-refractivity contribution in [2.24, 2.45) is 0 Å². The van der Waals surface area contributed by atoms with E-state index in [1.165, 1.54) is 7.11 Å². The normalized spacial score (nSPS) is 16.0. The van der Waals surface area contributed by atoms with Crippen molar-refractivity contribution in [1.82, 2.24) is 14.7 Å². The Labute approximate surface area is 208 Å². The molecule has 4 amide bonds. The summed E-state index contributed by atoms with van der Waals surface area (Å²) in [5.74, 6) is -0.182. The molecule has 0 spiro atoms. The highest BCUT2D eigenvalue weighted by molar-refractivity contribution is 6.31. The van der Waals surface area contributed by atoms with E-state index in [-0.39, 0.29) is 49.6 Å². The highest BCUT2D eigenvalue weighted by Crippen LogP contribution is 2.30. The molecule has 9 nitrogen and oxygen atoms in total. The van der Waals surface area contributed by atoms with Crippen molar-refractivity contribution in [2.75, 3.05) is 39.8 Å². The second-order valence-corrected chi connectivity index (χ2v) is 8.70. The number of benzene rings is 2. The van der Waals surface area contributed by atoms with E-state index in [0.29, 0.717) is 48.3 Å². The number of ether oxygens (including phenoxy) is 2. The minimum Gasteiger partial charge on any atom is -0.493 e. The zero-order chi connectivity index (χ0) is 24.9. The van der Waals surface area contributed by atoms with Crippen molar-refractivity contribution in [3.8, 4) is 11.5 Å². The molecule has 2 aliphatic rings. The van der Waals surface area contributed by atoms with Crippen LogP contribution in [-0.4, -0.2) is 78.2 Å². The molecule has 2 saturated heterocycles. The maximum Gasteiger partial charge on any atom is 0.254 e. The van der Waals surface area contributed by atoms with Crippen LogP contribution >= 0.6 is 11.6 Å². The van der Waals surface area contributed by atoms with Crippen LogP contribution in [0.15, 0.2) is 42.5 Å². The van der Waals surface area contributed by atoms with Gasteiger partial charge in [-0.15, -0.1) is 0 Å². The lowest BCUT2D eigenvalue weighted by atomic mass is 10.1. The van der Waals surface area contributed by atoms with Crippen molar-refractivity contribution in [1.29, 1.82) is 0 Å². The number of methoxy groups -OCH3 is 1. The van der Waals surface area contributed by atoms with Crippen molar-refractivity contribution >= 4 is 35.2 Å². The Morgan fingerprint density at radius 2 is 1.57 bits per heavy atom. The lowest BCUT2D eigenvalue weighted by Crippen LogP contribution is -2.53. The molecule has 35 heavy (non-hydrogen) atoms. The largest absolute Gasteiger partial charge is 0.493 e. The molecule has 0 radical (unpaired) electrons. The van der Waals surface area contributed by atoms with Gasteiger partial charge in [0, 0.05) is 55.2 Å². The van der Waals surface area contributed by atoms with Gasteiger partial charge in [-0.05, 0) is 24.3 Å². The Morgan fingerprint density at radius 3 is 2.23 bits per heavy atom. The fourth-order valence-electron chi connectivity index (χ4n) is 4.07. The molecule has 184 valence electrons. The Kier molecular flexibility index (Phi) is 7.55. The van der Waals surface area contributed by atoms with Gasteiger partial charge in [-0.2, -0.15) is 0 Å². The van der Waals surface area contributed by atoms with Gasteiger partial charge < -0.3 is 19.3 Å². The van der Waals surface area contributed by atoms with E-state index in [1.54, 1.807) is 34.1 Å². The molecule has 0 N–H and O–H groups in total. The third-order valence-corrected chi connectivity index (χ3v) is 6.49. The van der Waals surface area contributed by atoms with E-state index >= 15 is 0 Å². The first-order chi connectivity index (χ1) is 16.9. The zero-order valence-corrected chi connectivity index (χ0v) is 20.1. The zero-order valence-electron chi connectivity index (χ0n) is 19.4. The van der Waals surface area contributed by atoms with Crippen LogP contribution in [-0.2, 0) is 21.0 Å². The predicted molar refractivity (Wildman–Crippen MR) is 127 cm³/mol. The van der Waals surface area contributed by atoms with Crippen molar-refractivity contribution in [3.63, 3.8) is 0 Å². The lowest BCUT2D eigenvalue weighted by molar-refractivity contribution is -0.146. The summed E-state index contributed by atoms with van der Waals surface area (Å²) in [5, 5.41) is 0.606. The van der Waals surface area contributed by atoms with Gasteiger partial charge in [-0.25, -0.2) is 0 Å². The van der Waals surface area contributed by atoms with Gasteiger partial charge in [0.2, 0.25) is 17.7 Å². The smallest absolute Gasteiger partial charge is 0.254 e. The van der Waals surface area contributed by atoms with Crippen LogP contribution in [0.5, 0.6) is 11.5 Å². The average Bonchev–Trinajstić information content (AvgIpc) is 3.20. The standard InChI is InChI=1S/C25H26ClN3O6/c1-34-21-14-17(6-7-20(21)35-16-18-4-2-3-5-19(18)26)25(33)28-12-10-27(11-13-28)24(32)15-29-22(30)8-9-23(29)31/h2-7,14H,8-13,15-16H2,1H3. The first-order valence-corrected chi connectivity index (χ1v) is 11.7. The summed E-state index contributed by atoms with van der Waals surface area (Å²) in [6.45, 7) is 1.37. The molecular weight excluding hydrogens is 474 g/mol. The lowest BCUT2D eigenvalue weighted by Gasteiger charge is -2.35. The van der Waals surface area contributed by atoms with Crippen LogP contribution in [0.25, 0.3) is 0 Å². The topological polar surface area (TPSA) is 96.5 Å². The van der Waals surface area contributed by atoms with E-state index in [1.807, 2.05) is 18.2 Å². The van der Waals surface area contributed by atoms with Gasteiger partial charge in [0.15, 0.2) is 11.5 Å². The molecule has 0 bridgehead atoms. The number of rotatable bonds is 7. The van der Waals surface area contributed by atoms with Crippen molar-refractivity contribution < 1.29 is 28.7 Å². The third-order valence-electron chi connectivity index (χ3n) is 6.12. The van der Waals surface area contributed by atoms with Gasteiger partial charge >= 0.3 is 0 Å². The van der Waals surface area contributed by atoms with Crippen molar-refractivity contribution in [3.05, 3.63) is 58.6 Å². The second-order valence-electron chi connectivity index (χ2n) is 8.29. The van der Waals surface area contributed by atoms with E-state index in [2.05, 4.69) is 0 Å². The van der Waals surface area contributed by atoms with Crippen LogP contribution in [0.1, 0.15) is 28.8 Å². The SMILES string of the molecule is COc1cc(C(=O)N2CCN(C(=O)CN3C(=O)CCC3=O)CC2)ccc1OCc1ccccc1Cl. The molecule has 2 fully saturated rings. The number of amides is 4. The van der Waals surface area contributed by atoms with Crippen LogP contribution < -0.4 is 9.47 Å². The van der Waals surface area contributed by atoms with E-state index in [0.717, 1.165) is 10.5 Å². The Balaban J connectivity index is 1.34. The summed E-state index contributed by atoms with van der Waals surface area (Å²) in [5.41, 5.74) is 1.28. The highest BCUT2D eigenvalue weighted by Gasteiger charge is 2.33. The number of nitrogens with zero attached hydrogens (tertiary/aromatic N) is 3. The molecule has 0 atom stereocenters. The number of hydrogen-bond acceptors (Lipinski definition) is 6. The number of carbonyl (C=O) groups is 4. The van der Waals surface area contributed by atoms with E-state index in [9.17, 15) is 19.2 Å². The van der Waals surface area contributed by atoms with Gasteiger partial charge in [-0.3, -0.25) is 24.1 Å². The molecule has 10 heteroatoms. The van der Waals surface area contributed by atoms with Gasteiger partial charge in [0.05, 0.1) is 7.11 Å². The minimum absolute atomic E-state index is 0.154. The Morgan fingerprint density at radius 1 is 0.914 bits per heavy atom. The molecule has 2 aliphatic heterocycles. The van der Waals surface area contributed by atoms with Crippen LogP contribution in [0, 0.1) is 0 Å². The summed E-state index contributed by atoms with van der Waals surface area (Å²) in [4.78, 5) is 53.4. The Hall–Kier alpha value is -3.59. The monoisotopic (exact) mass is 499 g/mol. The fraction of sp³-hybridized carbons (Fsp3) is 0.360. The van der Waals surface area contributed by atoms with Crippen LogP contribution in [0.2, 0.25) is 5.02 Å². The van der Waals surface area contributed by atoms with E-state index < -0.39 is 0 Å². The Bertz CT molecular complexity index is 1130. The predicted octanol–water partition coefficient (Wildman–Crippen LogP) is 2.36. The molecule has 0 saturated carbocycles. The molecule has 4 rings (SSSR count). The quantitative estimate of drug-likeness (QED) is 0.543. The van der Waals surface area contributed by atoms with Gasteiger partial charge in [-0.1, -0.05) is 29.8 Å². The number of hydrogen-bond donors (Lipinski definition) is 0. The average molecular weight is 500 g/mol. The molecule has 0 unspecified atom stereocenters. The van der Waals surface area contributed by atoms with Gasteiger partial charge in [0.25, 0.3) is 5.91 Å². The first-order valence-electron chi connectivity index (χ1n) is 11.3. The highest BCUT2D eigenvalue weighted by atomic mass is 35.5. The van der Waals surface area contributed by atoms with Crippen LogP contribution in [0.3, 0.4) is 0 Å². The fourth-order valence-corrected chi connectivity index (χ4v) is 4.26. The molecule has 0 aromatic heterocycles. The van der Waals surface area contributed by atoms with Crippen LogP contribution in [0.4, 0.5) is 0 Å². The maximum absolute atomic E-state index is 13.1. The molecule has 0 aliphatic carbocycles. The number of piperazine rings is 1. The summed E-state index contributed by atoms with van der Waals surface area (Å²) < 4.78 is 11.3. The summed E-state index contributed by atoms with van der Waals surface area (Å²) >= 11 is 6.18. The van der Waals surface area contributed by atoms with Crippen molar-refractivity contribution in [2.45, 2.75) is 19.4 Å². The van der Waals surface area contributed by atoms with Gasteiger partial charge in [0.1, 0.15) is 13.2 Å². The molecule has 2 heterocycles. The second kappa shape index (κ2) is 10.8. The number of halogens is 1. The molecule has 2 aromatic carbocycles. The first kappa shape index (κ1) is 24.5. The molecule has 2 aromatic rings. The summed E-state index contributed by atoms with van der Waals surface area (Å²) in [6, 6.07) is 12.4. The maximum atomic E-state index is 13.1. The number of carbonyl (C=O) groups excluding carboxylic acids is 4. The minimum atomic E-state index is -0.314. The van der Waals surface area contributed by atoms with E-state index in [4.69, 9.17) is 21.1 Å². The summed E-state index contributed by atoms with van der Waals surface area (Å²) in [7, 11) is 1.51. The number of imide groups is 1.